The van der Waals surface area contributed by atoms with Crippen LogP contribution < -0.4 is 15.0 Å². The van der Waals surface area contributed by atoms with E-state index in [-0.39, 0.29) is 0 Å². The summed E-state index contributed by atoms with van der Waals surface area (Å²) in [4.78, 5) is 16.7. The highest BCUT2D eigenvalue weighted by molar-refractivity contribution is 7.19. The Kier molecular flexibility index (Phi) is 6.27. The van der Waals surface area contributed by atoms with Crippen molar-refractivity contribution < 1.29 is 4.74 Å². The van der Waals surface area contributed by atoms with Crippen LogP contribution >= 0.6 is 34.5 Å². The van der Waals surface area contributed by atoms with Crippen LogP contribution in [0.1, 0.15) is 5.69 Å². The van der Waals surface area contributed by atoms with Gasteiger partial charge >= 0.3 is 0 Å². The van der Waals surface area contributed by atoms with E-state index in [0.29, 0.717) is 16.0 Å². The maximum absolute atomic E-state index is 6.17. The summed E-state index contributed by atoms with van der Waals surface area (Å²) in [5.41, 5.74) is 3.43. The number of nitrogens with zero attached hydrogens (tertiary/aromatic N) is 4. The van der Waals surface area contributed by atoms with Gasteiger partial charge in [0.1, 0.15) is 5.75 Å². The van der Waals surface area contributed by atoms with Gasteiger partial charge in [0.2, 0.25) is 5.95 Å². The molecule has 0 saturated carbocycles. The van der Waals surface area contributed by atoms with Crippen molar-refractivity contribution in [2.45, 2.75) is 6.92 Å². The average Bonchev–Trinajstić information content (AvgIpc) is 3.17. The van der Waals surface area contributed by atoms with E-state index in [0.717, 1.165) is 38.5 Å². The van der Waals surface area contributed by atoms with Crippen molar-refractivity contribution in [3.05, 3.63) is 70.5 Å². The van der Waals surface area contributed by atoms with Crippen molar-refractivity contribution in [3.8, 4) is 16.3 Å². The number of hydrogen-bond donors (Lipinski definition) is 1. The number of halogens is 2. The summed E-state index contributed by atoms with van der Waals surface area (Å²) in [6.45, 7) is 1.97. The minimum Gasteiger partial charge on any atom is -0.497 e. The number of aromatic nitrogens is 3. The second-order valence-electron chi connectivity index (χ2n) is 6.69. The number of anilines is 4. The molecule has 31 heavy (non-hydrogen) atoms. The molecule has 0 fully saturated rings. The molecule has 0 aliphatic heterocycles. The molecule has 4 rings (SSSR count). The van der Waals surface area contributed by atoms with Crippen molar-refractivity contribution in [1.82, 2.24) is 15.0 Å². The molecule has 0 spiro atoms. The molecule has 1 N–H and O–H groups in total. The molecule has 0 aliphatic rings. The van der Waals surface area contributed by atoms with Gasteiger partial charge in [-0.2, -0.15) is 0 Å². The average molecular weight is 472 g/mol. The fourth-order valence-electron chi connectivity index (χ4n) is 2.94. The highest BCUT2D eigenvalue weighted by atomic mass is 35.5. The summed E-state index contributed by atoms with van der Waals surface area (Å²) >= 11 is 13.8. The van der Waals surface area contributed by atoms with Gasteiger partial charge in [-0.05, 0) is 43.3 Å². The number of rotatable bonds is 6. The second kappa shape index (κ2) is 9.09. The lowest BCUT2D eigenvalue weighted by atomic mass is 10.3. The number of methoxy groups -OCH3 is 1. The lowest BCUT2D eigenvalue weighted by molar-refractivity contribution is 0.415. The Bertz CT molecular complexity index is 1230. The van der Waals surface area contributed by atoms with Crippen molar-refractivity contribution in [1.29, 1.82) is 0 Å². The van der Waals surface area contributed by atoms with Gasteiger partial charge in [0.15, 0.2) is 5.13 Å². The number of aryl methyl sites for hydroxylation is 1. The Balaban J connectivity index is 1.61. The van der Waals surface area contributed by atoms with Crippen LogP contribution in [0.25, 0.3) is 10.6 Å². The molecule has 0 aliphatic carbocycles. The molecule has 0 radical (unpaired) electrons. The fourth-order valence-corrected chi connectivity index (χ4v) is 4.25. The van der Waals surface area contributed by atoms with E-state index in [1.54, 1.807) is 30.7 Å². The van der Waals surface area contributed by atoms with Crippen molar-refractivity contribution in [3.63, 3.8) is 0 Å². The first-order valence-corrected chi connectivity index (χ1v) is 10.9. The van der Waals surface area contributed by atoms with E-state index in [4.69, 9.17) is 32.9 Å². The van der Waals surface area contributed by atoms with E-state index in [1.807, 2.05) is 61.3 Å². The van der Waals surface area contributed by atoms with Gasteiger partial charge in [-0.25, -0.2) is 15.0 Å². The monoisotopic (exact) mass is 471 g/mol. The summed E-state index contributed by atoms with van der Waals surface area (Å²) in [5, 5.41) is 5.07. The van der Waals surface area contributed by atoms with Gasteiger partial charge in [-0.3, -0.25) is 0 Å². The van der Waals surface area contributed by atoms with Crippen molar-refractivity contribution in [2.75, 3.05) is 24.4 Å². The van der Waals surface area contributed by atoms with E-state index in [2.05, 4.69) is 15.3 Å². The minimum absolute atomic E-state index is 0.498. The first-order chi connectivity index (χ1) is 14.9. The van der Waals surface area contributed by atoms with Crippen molar-refractivity contribution in [2.24, 2.45) is 0 Å². The summed E-state index contributed by atoms with van der Waals surface area (Å²) in [6, 6.07) is 15.0. The predicted molar refractivity (Wildman–Crippen MR) is 129 cm³/mol. The standard InChI is InChI=1S/C22H19Cl2N5OS/c1-13-20(31-22(26-13)29(2)15-7-8-17(23)18(24)12-15)19-9-10-25-21(28-19)27-14-5-4-6-16(11-14)30-3/h4-12H,1-3H3,(H,25,27,28). The van der Waals surface area contributed by atoms with Crippen LogP contribution in [-0.2, 0) is 0 Å². The van der Waals surface area contributed by atoms with Gasteiger partial charge in [-0.15, -0.1) is 0 Å². The third-order valence-corrected chi connectivity index (χ3v) is 6.57. The number of thiazole rings is 1. The highest BCUT2D eigenvalue weighted by Gasteiger charge is 2.16. The third kappa shape index (κ3) is 4.74. The topological polar surface area (TPSA) is 63.2 Å². The molecule has 2 heterocycles. The zero-order valence-electron chi connectivity index (χ0n) is 17.1. The van der Waals surface area contributed by atoms with Crippen LogP contribution in [-0.4, -0.2) is 29.1 Å². The Hall–Kier alpha value is -2.87. The lowest BCUT2D eigenvalue weighted by Crippen LogP contribution is -2.08. The van der Waals surface area contributed by atoms with Crippen LogP contribution in [0, 0.1) is 6.92 Å². The molecule has 2 aromatic heterocycles. The minimum atomic E-state index is 0.498. The summed E-state index contributed by atoms with van der Waals surface area (Å²) in [6.07, 6.45) is 1.73. The van der Waals surface area contributed by atoms with Crippen LogP contribution in [0.5, 0.6) is 5.75 Å². The molecule has 0 atom stereocenters. The molecular weight excluding hydrogens is 453 g/mol. The molecular formula is C22H19Cl2N5OS. The number of ether oxygens (including phenoxy) is 1. The fraction of sp³-hybridized carbons (Fsp3) is 0.136. The van der Waals surface area contributed by atoms with Crippen LogP contribution in [0.3, 0.4) is 0 Å². The first-order valence-electron chi connectivity index (χ1n) is 9.35. The van der Waals surface area contributed by atoms with Gasteiger partial charge in [-0.1, -0.05) is 40.6 Å². The quantitative estimate of drug-likeness (QED) is 0.336. The van der Waals surface area contributed by atoms with E-state index in [9.17, 15) is 0 Å². The number of benzene rings is 2. The molecule has 0 amide bonds. The van der Waals surface area contributed by atoms with E-state index >= 15 is 0 Å². The second-order valence-corrected chi connectivity index (χ2v) is 8.48. The van der Waals surface area contributed by atoms with Gasteiger partial charge in [0.05, 0.1) is 33.4 Å². The Labute approximate surface area is 194 Å². The number of nitrogens with one attached hydrogen (secondary N) is 1. The Morgan fingerprint density at radius 3 is 2.65 bits per heavy atom. The highest BCUT2D eigenvalue weighted by Crippen LogP contribution is 2.37. The maximum atomic E-state index is 6.17. The molecule has 4 aromatic rings. The van der Waals surface area contributed by atoms with E-state index < -0.39 is 0 Å². The molecule has 2 aromatic carbocycles. The normalized spacial score (nSPS) is 10.7. The maximum Gasteiger partial charge on any atom is 0.227 e. The molecule has 158 valence electrons. The number of hydrogen-bond acceptors (Lipinski definition) is 7. The Morgan fingerprint density at radius 1 is 1.03 bits per heavy atom. The molecule has 6 nitrogen and oxygen atoms in total. The summed E-state index contributed by atoms with van der Waals surface area (Å²) in [7, 11) is 3.58. The first kappa shape index (κ1) is 21.4. The van der Waals surface area contributed by atoms with Crippen LogP contribution in [0.15, 0.2) is 54.7 Å². The van der Waals surface area contributed by atoms with E-state index in [1.165, 1.54) is 0 Å². The lowest BCUT2D eigenvalue weighted by Gasteiger charge is -2.16. The molecule has 0 saturated heterocycles. The molecule has 0 bridgehead atoms. The van der Waals surface area contributed by atoms with Gasteiger partial charge < -0.3 is 15.0 Å². The largest absolute Gasteiger partial charge is 0.497 e. The van der Waals surface area contributed by atoms with Gasteiger partial charge in [0, 0.05) is 30.7 Å². The predicted octanol–water partition coefficient (Wildman–Crippen LogP) is 6.74. The van der Waals surface area contributed by atoms with Crippen LogP contribution in [0.2, 0.25) is 10.0 Å². The molecule has 0 unspecified atom stereocenters. The summed E-state index contributed by atoms with van der Waals surface area (Å²) < 4.78 is 5.27. The zero-order chi connectivity index (χ0) is 22.0. The zero-order valence-corrected chi connectivity index (χ0v) is 19.4. The Morgan fingerprint density at radius 2 is 1.87 bits per heavy atom. The van der Waals surface area contributed by atoms with Crippen molar-refractivity contribution >= 4 is 57.0 Å². The summed E-state index contributed by atoms with van der Waals surface area (Å²) in [5.74, 6) is 1.26. The SMILES string of the molecule is COc1cccc(Nc2nccc(-c3sc(N(C)c4ccc(Cl)c(Cl)c4)nc3C)n2)c1. The van der Waals surface area contributed by atoms with Crippen LogP contribution in [0.4, 0.5) is 22.5 Å². The third-order valence-electron chi connectivity index (χ3n) is 4.58. The van der Waals surface area contributed by atoms with Gasteiger partial charge in [0.25, 0.3) is 0 Å². The molecule has 9 heteroatoms. The smallest absolute Gasteiger partial charge is 0.227 e.